The molecule has 0 unspecified atom stereocenters. The molecule has 0 aliphatic carbocycles. The molecule has 1 atom stereocenters. The maximum absolute atomic E-state index is 13.2. The second-order valence-corrected chi connectivity index (χ2v) is 12.5. The number of carbonyl (C=O) groups is 2. The van der Waals surface area contributed by atoms with Crippen LogP contribution in [0.5, 0.6) is 0 Å². The Labute approximate surface area is 254 Å². The smallest absolute Gasteiger partial charge is 0.311 e. The zero-order valence-corrected chi connectivity index (χ0v) is 25.9. The molecular weight excluding hydrogens is 540 g/mol. The summed E-state index contributed by atoms with van der Waals surface area (Å²) in [5, 5.41) is 6.84. The van der Waals surface area contributed by atoms with E-state index in [2.05, 4.69) is 39.6 Å². The van der Waals surface area contributed by atoms with E-state index in [9.17, 15) is 9.59 Å². The zero-order valence-electron chi connectivity index (χ0n) is 25.9. The predicted molar refractivity (Wildman–Crippen MR) is 170 cm³/mol. The topological polar surface area (TPSA) is 109 Å². The Morgan fingerprint density at radius 3 is 2.58 bits per heavy atom. The van der Waals surface area contributed by atoms with Crippen molar-refractivity contribution in [1.82, 2.24) is 15.0 Å². The molecule has 5 rings (SSSR count). The largest absolute Gasteiger partial charge is 0.460 e. The number of Topliss-reactive ketones (excluding diaryl/α,β-unsaturated/α-hetero) is 1. The number of rotatable bonds is 10. The van der Waals surface area contributed by atoms with E-state index in [1.54, 1.807) is 18.5 Å². The summed E-state index contributed by atoms with van der Waals surface area (Å²) in [6.07, 6.45) is 6.63. The van der Waals surface area contributed by atoms with Gasteiger partial charge in [-0.05, 0) is 64.5 Å². The summed E-state index contributed by atoms with van der Waals surface area (Å²) in [6.45, 7) is 10.6. The molecular formula is C34H44N6O3. The number of anilines is 3. The third-order valence-electron chi connectivity index (χ3n) is 8.19. The standard InChI is InChI=1S/C34H44N6O3/c1-5-27-31(36-21-26(33(42)43-34(2,3)4)20-29(41)24-10-7-6-8-11-24)37-22-38-32(27)40-18-15-23(16-19-40)28-14-13-25-12-9-17-35-30(25)39-28/h6-8,10-11,13-14,22-23,26H,5,9,12,15-21H2,1-4H3,(H,35,39)(H,36,37,38)/t26-/m0/s1. The van der Waals surface area contributed by atoms with Crippen molar-refractivity contribution in [3.63, 3.8) is 0 Å². The average Bonchev–Trinajstić information content (AvgIpc) is 3.02. The number of fused-ring (bicyclic) bond motifs is 1. The number of aryl methyl sites for hydroxylation is 1. The van der Waals surface area contributed by atoms with Crippen LogP contribution in [0.3, 0.4) is 0 Å². The molecule has 2 N–H and O–H groups in total. The van der Waals surface area contributed by atoms with Gasteiger partial charge in [0.2, 0.25) is 0 Å². The third-order valence-corrected chi connectivity index (χ3v) is 8.19. The normalized spacial score (nSPS) is 16.1. The summed E-state index contributed by atoms with van der Waals surface area (Å²) in [5.74, 6) is 1.94. The van der Waals surface area contributed by atoms with E-state index in [0.29, 0.717) is 17.3 Å². The Kier molecular flexibility index (Phi) is 9.58. The van der Waals surface area contributed by atoms with E-state index in [0.717, 1.165) is 68.9 Å². The summed E-state index contributed by atoms with van der Waals surface area (Å²) >= 11 is 0. The number of piperidine rings is 1. The lowest BCUT2D eigenvalue weighted by molar-refractivity contribution is -0.159. The lowest BCUT2D eigenvalue weighted by atomic mass is 9.92. The van der Waals surface area contributed by atoms with Crippen molar-refractivity contribution < 1.29 is 14.3 Å². The Balaban J connectivity index is 1.27. The minimum Gasteiger partial charge on any atom is -0.460 e. The average molecular weight is 585 g/mol. The molecule has 43 heavy (non-hydrogen) atoms. The first-order valence-electron chi connectivity index (χ1n) is 15.6. The zero-order chi connectivity index (χ0) is 30.4. The molecule has 9 heteroatoms. The number of nitrogens with zero attached hydrogens (tertiary/aromatic N) is 4. The van der Waals surface area contributed by atoms with Crippen molar-refractivity contribution >= 4 is 29.2 Å². The van der Waals surface area contributed by atoms with E-state index in [4.69, 9.17) is 14.7 Å². The quantitative estimate of drug-likeness (QED) is 0.225. The number of esters is 1. The molecule has 4 heterocycles. The first-order valence-corrected chi connectivity index (χ1v) is 15.6. The van der Waals surface area contributed by atoms with Gasteiger partial charge < -0.3 is 20.3 Å². The number of benzene rings is 1. The van der Waals surface area contributed by atoms with Crippen LogP contribution in [0.2, 0.25) is 0 Å². The lowest BCUT2D eigenvalue weighted by Gasteiger charge is -2.34. The van der Waals surface area contributed by atoms with Crippen molar-refractivity contribution in [2.45, 2.75) is 77.7 Å². The highest BCUT2D eigenvalue weighted by molar-refractivity contribution is 5.98. The van der Waals surface area contributed by atoms with Crippen LogP contribution in [0, 0.1) is 5.92 Å². The summed E-state index contributed by atoms with van der Waals surface area (Å²) < 4.78 is 5.70. The molecule has 2 aliphatic heterocycles. The number of carbonyl (C=O) groups excluding carboxylic acids is 2. The number of hydrogen-bond donors (Lipinski definition) is 2. The highest BCUT2D eigenvalue weighted by Crippen LogP contribution is 2.33. The maximum Gasteiger partial charge on any atom is 0.311 e. The van der Waals surface area contributed by atoms with Crippen molar-refractivity contribution in [2.75, 3.05) is 41.7 Å². The molecule has 2 aliphatic rings. The molecule has 3 aromatic rings. The van der Waals surface area contributed by atoms with E-state index in [1.165, 1.54) is 11.3 Å². The molecule has 1 fully saturated rings. The summed E-state index contributed by atoms with van der Waals surface area (Å²) in [6, 6.07) is 13.5. The van der Waals surface area contributed by atoms with Crippen molar-refractivity contribution in [3.8, 4) is 0 Å². The van der Waals surface area contributed by atoms with E-state index in [-0.39, 0.29) is 18.7 Å². The lowest BCUT2D eigenvalue weighted by Crippen LogP contribution is -2.35. The molecule has 1 saturated heterocycles. The molecule has 228 valence electrons. The fourth-order valence-electron chi connectivity index (χ4n) is 5.92. The minimum atomic E-state index is -0.663. The Bertz CT molecular complexity index is 1410. The van der Waals surface area contributed by atoms with E-state index in [1.807, 2.05) is 39.0 Å². The van der Waals surface area contributed by atoms with Gasteiger partial charge in [-0.15, -0.1) is 0 Å². The highest BCUT2D eigenvalue weighted by atomic mass is 16.6. The van der Waals surface area contributed by atoms with Crippen molar-refractivity contribution in [3.05, 3.63) is 71.2 Å². The first-order chi connectivity index (χ1) is 20.7. The van der Waals surface area contributed by atoms with Gasteiger partial charge in [-0.25, -0.2) is 15.0 Å². The second-order valence-electron chi connectivity index (χ2n) is 12.5. The van der Waals surface area contributed by atoms with Crippen LogP contribution in [-0.2, 0) is 22.4 Å². The van der Waals surface area contributed by atoms with Gasteiger partial charge in [0.15, 0.2) is 5.78 Å². The van der Waals surface area contributed by atoms with Gasteiger partial charge in [0.25, 0.3) is 0 Å². The number of aromatic nitrogens is 3. The molecule has 0 bridgehead atoms. The Morgan fingerprint density at radius 2 is 1.86 bits per heavy atom. The maximum atomic E-state index is 13.2. The van der Waals surface area contributed by atoms with Crippen LogP contribution in [0.15, 0.2) is 48.8 Å². The summed E-state index contributed by atoms with van der Waals surface area (Å²) in [4.78, 5) is 42.8. The van der Waals surface area contributed by atoms with Gasteiger partial charge in [-0.3, -0.25) is 9.59 Å². The van der Waals surface area contributed by atoms with Crippen LogP contribution < -0.4 is 15.5 Å². The SMILES string of the molecule is CCc1c(NC[C@H](CC(=O)c2ccccc2)C(=O)OC(C)(C)C)ncnc1N1CCC(c2ccc3c(n2)NCCC3)CC1. The van der Waals surface area contributed by atoms with Crippen molar-refractivity contribution in [2.24, 2.45) is 5.92 Å². The fraction of sp³-hybridized carbons (Fsp3) is 0.500. The molecule has 0 radical (unpaired) electrons. The predicted octanol–water partition coefficient (Wildman–Crippen LogP) is 5.82. The highest BCUT2D eigenvalue weighted by Gasteiger charge is 2.29. The van der Waals surface area contributed by atoms with Crippen LogP contribution in [0.4, 0.5) is 17.5 Å². The van der Waals surface area contributed by atoms with Crippen LogP contribution in [0.25, 0.3) is 0 Å². The molecule has 0 saturated carbocycles. The van der Waals surface area contributed by atoms with Gasteiger partial charge in [0.05, 0.1) is 5.92 Å². The number of ketones is 1. The van der Waals surface area contributed by atoms with E-state index < -0.39 is 17.5 Å². The van der Waals surface area contributed by atoms with Gasteiger partial charge in [0.1, 0.15) is 29.4 Å². The molecule has 2 aromatic heterocycles. The van der Waals surface area contributed by atoms with Crippen molar-refractivity contribution in [1.29, 1.82) is 0 Å². The number of ether oxygens (including phenoxy) is 1. The molecule has 9 nitrogen and oxygen atoms in total. The number of hydrogen-bond acceptors (Lipinski definition) is 9. The van der Waals surface area contributed by atoms with Gasteiger partial charge >= 0.3 is 5.97 Å². The Hall–Kier alpha value is -4.01. The van der Waals surface area contributed by atoms with Gasteiger partial charge in [-0.1, -0.05) is 43.3 Å². The second kappa shape index (κ2) is 13.5. The minimum absolute atomic E-state index is 0.0467. The summed E-state index contributed by atoms with van der Waals surface area (Å²) in [5.41, 5.74) is 3.43. The van der Waals surface area contributed by atoms with Crippen LogP contribution in [0.1, 0.15) is 86.5 Å². The third kappa shape index (κ3) is 7.69. The van der Waals surface area contributed by atoms with Gasteiger partial charge in [0, 0.05) is 55.3 Å². The van der Waals surface area contributed by atoms with E-state index >= 15 is 0 Å². The summed E-state index contributed by atoms with van der Waals surface area (Å²) in [7, 11) is 0. The number of nitrogens with one attached hydrogen (secondary N) is 2. The van der Waals surface area contributed by atoms with Gasteiger partial charge in [-0.2, -0.15) is 0 Å². The number of pyridine rings is 1. The fourth-order valence-corrected chi connectivity index (χ4v) is 5.92. The molecule has 0 amide bonds. The molecule has 1 aromatic carbocycles. The first kappa shape index (κ1) is 30.4. The Morgan fingerprint density at radius 1 is 1.09 bits per heavy atom. The van der Waals surface area contributed by atoms with Crippen LogP contribution >= 0.6 is 0 Å². The van der Waals surface area contributed by atoms with Crippen LogP contribution in [-0.4, -0.2) is 58.5 Å². The molecule has 0 spiro atoms. The monoisotopic (exact) mass is 584 g/mol.